The van der Waals surface area contributed by atoms with Gasteiger partial charge in [-0.25, -0.2) is 0 Å². The maximum atomic E-state index is 11.4. The molecule has 1 saturated heterocycles. The van der Waals surface area contributed by atoms with E-state index in [0.29, 0.717) is 12.8 Å². The Balaban J connectivity index is 2.71. The molecule has 1 unspecified atom stereocenters. The number of carboxylic acids is 1. The minimum Gasteiger partial charge on any atom is -0.480 e. The van der Waals surface area contributed by atoms with E-state index in [1.165, 1.54) is 0 Å². The van der Waals surface area contributed by atoms with Gasteiger partial charge in [-0.1, -0.05) is 0 Å². The van der Waals surface area contributed by atoms with Crippen LogP contribution in [-0.2, 0) is 9.59 Å². The fraction of sp³-hybridized carbons (Fsp3) is 0.800. The highest BCUT2D eigenvalue weighted by Crippen LogP contribution is 2.27. The van der Waals surface area contributed by atoms with Crippen LogP contribution in [0.25, 0.3) is 0 Å². The lowest BCUT2D eigenvalue weighted by Gasteiger charge is -2.35. The molecule has 0 saturated carbocycles. The first kappa shape index (κ1) is 13.3. The number of hydrogen-bond acceptors (Lipinski definition) is 4. The second-order valence-corrected chi connectivity index (χ2v) is 5.20. The van der Waals surface area contributed by atoms with Gasteiger partial charge in [0.2, 0.25) is 5.91 Å². The van der Waals surface area contributed by atoms with Crippen LogP contribution in [0.4, 0.5) is 0 Å². The highest BCUT2D eigenvalue weighted by molar-refractivity contribution is 7.99. The van der Waals surface area contributed by atoms with E-state index in [0.717, 1.165) is 11.5 Å². The van der Waals surface area contributed by atoms with Gasteiger partial charge >= 0.3 is 5.97 Å². The number of carboxylic acid groups (broad SMARTS) is 1. The molecule has 0 aromatic carbocycles. The van der Waals surface area contributed by atoms with Gasteiger partial charge in [-0.05, 0) is 31.3 Å². The Labute approximate surface area is 99.4 Å². The number of carbonyl (C=O) groups is 2. The maximum Gasteiger partial charge on any atom is 0.323 e. The molecule has 16 heavy (non-hydrogen) atoms. The van der Waals surface area contributed by atoms with Crippen molar-refractivity contribution < 1.29 is 14.7 Å². The summed E-state index contributed by atoms with van der Waals surface area (Å²) in [5.41, 5.74) is -0.933. The van der Waals surface area contributed by atoms with E-state index in [9.17, 15) is 14.7 Å². The molecule has 6 heteroatoms. The third-order valence-electron chi connectivity index (χ3n) is 2.89. The molecule has 1 atom stereocenters. The Kier molecular flexibility index (Phi) is 4.61. The van der Waals surface area contributed by atoms with E-state index in [4.69, 9.17) is 0 Å². The molecule has 92 valence electrons. The van der Waals surface area contributed by atoms with Crippen LogP contribution in [0.3, 0.4) is 0 Å². The highest BCUT2D eigenvalue weighted by atomic mass is 32.2. The Morgan fingerprint density at radius 3 is 2.38 bits per heavy atom. The normalized spacial score (nSPS) is 21.1. The zero-order valence-corrected chi connectivity index (χ0v) is 10.4. The zero-order chi connectivity index (χ0) is 12.2. The van der Waals surface area contributed by atoms with E-state index < -0.39 is 17.6 Å². The van der Waals surface area contributed by atoms with Gasteiger partial charge < -0.3 is 10.4 Å². The molecular weight excluding hydrogens is 228 g/mol. The van der Waals surface area contributed by atoms with E-state index in [-0.39, 0.29) is 5.91 Å². The van der Waals surface area contributed by atoms with Gasteiger partial charge in [0.1, 0.15) is 5.54 Å². The Bertz CT molecular complexity index is 277. The van der Waals surface area contributed by atoms with Crippen molar-refractivity contribution in [3.63, 3.8) is 0 Å². The third-order valence-corrected chi connectivity index (χ3v) is 3.87. The molecule has 1 aliphatic rings. The van der Waals surface area contributed by atoms with E-state index in [2.05, 4.69) is 10.6 Å². The van der Waals surface area contributed by atoms with Crippen molar-refractivity contribution in [2.75, 3.05) is 18.6 Å². The molecule has 0 aromatic rings. The number of carbonyl (C=O) groups excluding carboxylic acids is 1. The molecule has 0 radical (unpaired) electrons. The molecule has 3 N–H and O–H groups in total. The average Bonchev–Trinajstić information content (AvgIpc) is 2.28. The molecule has 1 amide bonds. The Hall–Kier alpha value is -0.750. The lowest BCUT2D eigenvalue weighted by Crippen LogP contribution is -2.60. The quantitative estimate of drug-likeness (QED) is 0.654. The summed E-state index contributed by atoms with van der Waals surface area (Å²) in [7, 11) is 1.55. The van der Waals surface area contributed by atoms with Crippen LogP contribution in [0.15, 0.2) is 0 Å². The smallest absolute Gasteiger partial charge is 0.323 e. The third kappa shape index (κ3) is 2.89. The largest absolute Gasteiger partial charge is 0.480 e. The van der Waals surface area contributed by atoms with Crippen molar-refractivity contribution in [2.24, 2.45) is 0 Å². The van der Waals surface area contributed by atoms with Crippen LogP contribution >= 0.6 is 11.8 Å². The first-order chi connectivity index (χ1) is 7.52. The van der Waals surface area contributed by atoms with Crippen molar-refractivity contribution in [1.29, 1.82) is 0 Å². The number of nitrogens with one attached hydrogen (secondary N) is 2. The van der Waals surface area contributed by atoms with Crippen molar-refractivity contribution in [1.82, 2.24) is 10.6 Å². The summed E-state index contributed by atoms with van der Waals surface area (Å²) >= 11 is 1.75. The molecule has 1 aliphatic heterocycles. The van der Waals surface area contributed by atoms with Gasteiger partial charge in [-0.3, -0.25) is 14.9 Å². The predicted molar refractivity (Wildman–Crippen MR) is 63.6 cm³/mol. The summed E-state index contributed by atoms with van der Waals surface area (Å²) in [6, 6.07) is -0.482. The maximum absolute atomic E-state index is 11.4. The fourth-order valence-corrected chi connectivity index (χ4v) is 3.03. The first-order valence-electron chi connectivity index (χ1n) is 5.32. The highest BCUT2D eigenvalue weighted by Gasteiger charge is 2.41. The first-order valence-corrected chi connectivity index (χ1v) is 6.48. The van der Waals surface area contributed by atoms with Crippen LogP contribution in [0, 0.1) is 0 Å². The number of rotatable bonds is 4. The molecule has 0 bridgehead atoms. The second-order valence-electron chi connectivity index (χ2n) is 3.98. The fourth-order valence-electron chi connectivity index (χ4n) is 1.84. The van der Waals surface area contributed by atoms with Gasteiger partial charge in [0, 0.05) is 7.05 Å². The molecular formula is C10H18N2O3S. The monoisotopic (exact) mass is 246 g/mol. The molecule has 1 heterocycles. The molecule has 0 spiro atoms. The van der Waals surface area contributed by atoms with Crippen molar-refractivity contribution in [3.05, 3.63) is 0 Å². The lowest BCUT2D eigenvalue weighted by molar-refractivity contribution is -0.146. The van der Waals surface area contributed by atoms with Gasteiger partial charge in [0.15, 0.2) is 0 Å². The summed E-state index contributed by atoms with van der Waals surface area (Å²) in [6.07, 6.45) is 1.13. The van der Waals surface area contributed by atoms with E-state index >= 15 is 0 Å². The minimum absolute atomic E-state index is 0.182. The number of aliphatic carboxylic acids is 1. The standard InChI is InChI=1S/C10H18N2O3S/c1-7(8(13)11-2)12-10(9(14)15)3-5-16-6-4-10/h7,12H,3-6H2,1-2H3,(H,11,13)(H,14,15). The second kappa shape index (κ2) is 5.54. The number of likely N-dealkylation sites (N-methyl/N-ethyl adjacent to an activating group) is 1. The molecule has 0 aromatic heterocycles. The van der Waals surface area contributed by atoms with Crippen molar-refractivity contribution >= 4 is 23.6 Å². The number of hydrogen-bond donors (Lipinski definition) is 3. The van der Waals surface area contributed by atoms with Crippen LogP contribution in [0.2, 0.25) is 0 Å². The van der Waals surface area contributed by atoms with Crippen LogP contribution in [0.5, 0.6) is 0 Å². The molecule has 1 fully saturated rings. The molecule has 0 aliphatic carbocycles. The zero-order valence-electron chi connectivity index (χ0n) is 9.58. The Morgan fingerprint density at radius 1 is 1.38 bits per heavy atom. The lowest BCUT2D eigenvalue weighted by atomic mass is 9.91. The van der Waals surface area contributed by atoms with E-state index in [1.807, 2.05) is 0 Å². The van der Waals surface area contributed by atoms with Crippen molar-refractivity contribution in [2.45, 2.75) is 31.3 Å². The van der Waals surface area contributed by atoms with E-state index in [1.54, 1.807) is 25.7 Å². The van der Waals surface area contributed by atoms with Gasteiger partial charge in [0.05, 0.1) is 6.04 Å². The number of amides is 1. The summed E-state index contributed by atoms with van der Waals surface area (Å²) < 4.78 is 0. The van der Waals surface area contributed by atoms with Gasteiger partial charge in [-0.2, -0.15) is 11.8 Å². The average molecular weight is 246 g/mol. The Morgan fingerprint density at radius 2 is 1.94 bits per heavy atom. The minimum atomic E-state index is -0.933. The predicted octanol–water partition coefficient (Wildman–Crippen LogP) is 0.0609. The van der Waals surface area contributed by atoms with Crippen LogP contribution in [0.1, 0.15) is 19.8 Å². The summed E-state index contributed by atoms with van der Waals surface area (Å²) in [5, 5.41) is 14.8. The molecule has 5 nitrogen and oxygen atoms in total. The SMILES string of the molecule is CNC(=O)C(C)NC1(C(=O)O)CCSCC1. The van der Waals surface area contributed by atoms with Crippen molar-refractivity contribution in [3.8, 4) is 0 Å². The van der Waals surface area contributed by atoms with Crippen LogP contribution < -0.4 is 10.6 Å². The molecule has 1 rings (SSSR count). The van der Waals surface area contributed by atoms with Gasteiger partial charge in [-0.15, -0.1) is 0 Å². The topological polar surface area (TPSA) is 78.4 Å². The van der Waals surface area contributed by atoms with Crippen LogP contribution in [-0.4, -0.2) is 47.1 Å². The van der Waals surface area contributed by atoms with Gasteiger partial charge in [0.25, 0.3) is 0 Å². The number of thioether (sulfide) groups is 1. The summed E-state index contributed by atoms with van der Waals surface area (Å²) in [5.74, 6) is 0.599. The summed E-state index contributed by atoms with van der Waals surface area (Å²) in [6.45, 7) is 1.69. The summed E-state index contributed by atoms with van der Waals surface area (Å²) in [4.78, 5) is 22.7.